The van der Waals surface area contributed by atoms with E-state index in [-0.39, 0.29) is 11.4 Å². The average molecular weight is 500 g/mol. The van der Waals surface area contributed by atoms with E-state index >= 15 is 0 Å². The molecule has 4 heteroatoms. The van der Waals surface area contributed by atoms with Crippen LogP contribution in [0.1, 0.15) is 65.5 Å². The molecule has 1 saturated carbocycles. The number of nitrogens with one attached hydrogen (secondary N) is 1. The molecule has 5 aromatic rings. The molecule has 0 radical (unpaired) electrons. The van der Waals surface area contributed by atoms with Gasteiger partial charge in [0.1, 0.15) is 5.82 Å². The van der Waals surface area contributed by atoms with Crippen molar-refractivity contribution < 1.29 is 4.79 Å². The number of hydrogen-bond acceptors (Lipinski definition) is 2. The van der Waals surface area contributed by atoms with Gasteiger partial charge in [0.2, 0.25) is 0 Å². The summed E-state index contributed by atoms with van der Waals surface area (Å²) in [4.78, 5) is 18.1. The predicted octanol–water partition coefficient (Wildman–Crippen LogP) is 7.60. The summed E-state index contributed by atoms with van der Waals surface area (Å²) in [5, 5.41) is 3.34. The number of aromatic nitrogens is 2. The predicted molar refractivity (Wildman–Crippen MR) is 154 cm³/mol. The van der Waals surface area contributed by atoms with Crippen LogP contribution in [0.4, 0.5) is 0 Å². The molecule has 0 spiro atoms. The standard InChI is InChI=1S/C34H33N3O/c1-23(2)28-10-7-11-30(20-28)34(18-19-34)36-33(38)29-16-17-32-31(21-29)35-24(3)37(32)22-25-12-14-27(15-13-25)26-8-5-4-6-9-26/h4-17,20-21,23H,18-19,22H2,1-3H3,(H,36,38). The minimum atomic E-state index is -0.252. The zero-order valence-corrected chi connectivity index (χ0v) is 22.2. The van der Waals surface area contributed by atoms with E-state index in [9.17, 15) is 4.79 Å². The van der Waals surface area contributed by atoms with Crippen LogP contribution < -0.4 is 5.32 Å². The molecule has 0 atom stereocenters. The van der Waals surface area contributed by atoms with Crippen molar-refractivity contribution in [1.82, 2.24) is 14.9 Å². The summed E-state index contributed by atoms with van der Waals surface area (Å²) >= 11 is 0. The summed E-state index contributed by atoms with van der Waals surface area (Å²) < 4.78 is 2.22. The quantitative estimate of drug-likeness (QED) is 0.251. The Morgan fingerprint density at radius 2 is 1.63 bits per heavy atom. The van der Waals surface area contributed by atoms with Gasteiger partial charge in [0, 0.05) is 12.1 Å². The maximum absolute atomic E-state index is 13.3. The summed E-state index contributed by atoms with van der Waals surface area (Å²) in [6.07, 6.45) is 1.94. The van der Waals surface area contributed by atoms with Crippen molar-refractivity contribution in [2.45, 2.75) is 51.6 Å². The summed E-state index contributed by atoms with van der Waals surface area (Å²) in [7, 11) is 0. The summed E-state index contributed by atoms with van der Waals surface area (Å²) in [5.41, 5.74) is 8.44. The van der Waals surface area contributed by atoms with Crippen LogP contribution in [0.2, 0.25) is 0 Å². The van der Waals surface area contributed by atoms with Gasteiger partial charge in [-0.2, -0.15) is 0 Å². The van der Waals surface area contributed by atoms with Gasteiger partial charge < -0.3 is 9.88 Å². The summed E-state index contributed by atoms with van der Waals surface area (Å²) in [6, 6.07) is 33.7. The molecule has 0 unspecified atom stereocenters. The molecule has 0 saturated heterocycles. The van der Waals surface area contributed by atoms with E-state index in [1.54, 1.807) is 0 Å². The second-order valence-corrected chi connectivity index (χ2v) is 10.8. The van der Waals surface area contributed by atoms with Crippen molar-refractivity contribution in [2.24, 2.45) is 0 Å². The maximum atomic E-state index is 13.3. The summed E-state index contributed by atoms with van der Waals surface area (Å²) in [6.45, 7) is 7.16. The Morgan fingerprint density at radius 3 is 2.34 bits per heavy atom. The maximum Gasteiger partial charge on any atom is 0.252 e. The number of carbonyl (C=O) groups excluding carboxylic acids is 1. The number of hydrogen-bond donors (Lipinski definition) is 1. The van der Waals surface area contributed by atoms with Crippen LogP contribution in [0.25, 0.3) is 22.2 Å². The first-order valence-electron chi connectivity index (χ1n) is 13.5. The molecule has 0 bridgehead atoms. The lowest BCUT2D eigenvalue weighted by atomic mass is 9.96. The smallest absolute Gasteiger partial charge is 0.252 e. The lowest BCUT2D eigenvalue weighted by Crippen LogP contribution is -2.34. The lowest BCUT2D eigenvalue weighted by molar-refractivity contribution is 0.0931. The molecule has 4 nitrogen and oxygen atoms in total. The number of benzene rings is 4. The van der Waals surface area contributed by atoms with Gasteiger partial charge in [-0.15, -0.1) is 0 Å². The van der Waals surface area contributed by atoms with Crippen molar-refractivity contribution >= 4 is 16.9 Å². The van der Waals surface area contributed by atoms with Gasteiger partial charge in [0.25, 0.3) is 5.91 Å². The molecule has 1 N–H and O–H groups in total. The molecule has 1 aromatic heterocycles. The van der Waals surface area contributed by atoms with Crippen LogP contribution >= 0.6 is 0 Å². The average Bonchev–Trinajstić information content (AvgIpc) is 3.66. The van der Waals surface area contributed by atoms with Gasteiger partial charge in [-0.05, 0) is 71.7 Å². The SMILES string of the molecule is Cc1nc2cc(C(=O)NC3(c4cccc(C(C)C)c4)CC3)ccc2n1Cc1ccc(-c2ccccc2)cc1. The minimum absolute atomic E-state index is 0.0388. The highest BCUT2D eigenvalue weighted by Crippen LogP contribution is 2.46. The van der Waals surface area contributed by atoms with Crippen molar-refractivity contribution in [3.8, 4) is 11.1 Å². The molecule has 0 aliphatic heterocycles. The molecule has 1 aliphatic rings. The highest BCUT2D eigenvalue weighted by atomic mass is 16.1. The highest BCUT2D eigenvalue weighted by molar-refractivity contribution is 5.98. The number of carbonyl (C=O) groups is 1. The molecular formula is C34H33N3O. The fourth-order valence-corrected chi connectivity index (χ4v) is 5.30. The molecule has 6 rings (SSSR count). The first-order chi connectivity index (χ1) is 18.4. The number of nitrogens with zero attached hydrogens (tertiary/aromatic N) is 2. The molecule has 190 valence electrons. The third-order valence-corrected chi connectivity index (χ3v) is 7.81. The van der Waals surface area contributed by atoms with Gasteiger partial charge in [0.15, 0.2) is 0 Å². The number of imidazole rings is 1. The summed E-state index contributed by atoms with van der Waals surface area (Å²) in [5.74, 6) is 1.36. The van der Waals surface area contributed by atoms with Crippen LogP contribution in [0.15, 0.2) is 97.1 Å². The molecule has 4 aromatic carbocycles. The van der Waals surface area contributed by atoms with Gasteiger partial charge in [-0.3, -0.25) is 4.79 Å². The normalized spacial score (nSPS) is 14.1. The van der Waals surface area contributed by atoms with Crippen LogP contribution in [-0.2, 0) is 12.1 Å². The molecular weight excluding hydrogens is 466 g/mol. The minimum Gasteiger partial charge on any atom is -0.343 e. The second-order valence-electron chi connectivity index (χ2n) is 10.8. The van der Waals surface area contributed by atoms with Crippen molar-refractivity contribution in [3.05, 3.63) is 125 Å². The molecule has 1 amide bonds. The number of rotatable bonds is 7. The number of fused-ring (bicyclic) bond motifs is 1. The Hall–Kier alpha value is -4.18. The molecule has 1 fully saturated rings. The van der Waals surface area contributed by atoms with Crippen molar-refractivity contribution in [3.63, 3.8) is 0 Å². The van der Waals surface area contributed by atoms with Crippen molar-refractivity contribution in [2.75, 3.05) is 0 Å². The lowest BCUT2D eigenvalue weighted by Gasteiger charge is -2.20. The van der Waals surface area contributed by atoms with Gasteiger partial charge in [-0.25, -0.2) is 4.98 Å². The first-order valence-corrected chi connectivity index (χ1v) is 13.5. The number of aryl methyl sites for hydroxylation is 1. The fourth-order valence-electron chi connectivity index (χ4n) is 5.30. The zero-order valence-electron chi connectivity index (χ0n) is 22.2. The van der Waals surface area contributed by atoms with E-state index in [4.69, 9.17) is 4.98 Å². The highest BCUT2D eigenvalue weighted by Gasteiger charge is 2.45. The molecule has 38 heavy (non-hydrogen) atoms. The third kappa shape index (κ3) is 4.63. The van der Waals surface area contributed by atoms with Gasteiger partial charge in [-0.1, -0.05) is 92.7 Å². The Labute approximate surface area is 224 Å². The Kier molecular flexibility index (Phi) is 6.11. The molecule has 1 aliphatic carbocycles. The third-order valence-electron chi connectivity index (χ3n) is 7.81. The fraction of sp³-hybridized carbons (Fsp3) is 0.235. The van der Waals surface area contributed by atoms with E-state index in [0.29, 0.717) is 11.5 Å². The van der Waals surface area contributed by atoms with E-state index in [1.165, 1.54) is 27.8 Å². The number of amides is 1. The van der Waals surface area contributed by atoms with Gasteiger partial charge in [0.05, 0.1) is 16.6 Å². The van der Waals surface area contributed by atoms with E-state index < -0.39 is 0 Å². The van der Waals surface area contributed by atoms with E-state index in [1.807, 2.05) is 31.2 Å². The van der Waals surface area contributed by atoms with Crippen LogP contribution in [0.5, 0.6) is 0 Å². The first kappa shape index (κ1) is 24.2. The Morgan fingerprint density at radius 1 is 0.895 bits per heavy atom. The van der Waals surface area contributed by atoms with Crippen LogP contribution in [0, 0.1) is 6.92 Å². The topological polar surface area (TPSA) is 46.9 Å². The second kappa shape index (κ2) is 9.60. The largest absolute Gasteiger partial charge is 0.343 e. The Balaban J connectivity index is 1.21. The van der Waals surface area contributed by atoms with Crippen LogP contribution in [-0.4, -0.2) is 15.5 Å². The zero-order chi connectivity index (χ0) is 26.3. The van der Waals surface area contributed by atoms with E-state index in [2.05, 4.69) is 96.5 Å². The van der Waals surface area contributed by atoms with E-state index in [0.717, 1.165) is 36.2 Å². The Bertz CT molecular complexity index is 1610. The van der Waals surface area contributed by atoms with Gasteiger partial charge >= 0.3 is 0 Å². The monoisotopic (exact) mass is 499 g/mol. The molecule has 1 heterocycles. The van der Waals surface area contributed by atoms with Crippen LogP contribution in [0.3, 0.4) is 0 Å². The van der Waals surface area contributed by atoms with Crippen molar-refractivity contribution in [1.29, 1.82) is 0 Å².